The van der Waals surface area contributed by atoms with Gasteiger partial charge in [-0.15, -0.1) is 0 Å². The minimum absolute atomic E-state index is 0.102. The van der Waals surface area contributed by atoms with E-state index >= 15 is 0 Å². The smallest absolute Gasteiger partial charge is 0.252 e. The highest BCUT2D eigenvalue weighted by molar-refractivity contribution is 9.09. The summed E-state index contributed by atoms with van der Waals surface area (Å²) in [6.07, 6.45) is 3.82. The quantitative estimate of drug-likeness (QED) is 0.718. The molecule has 0 amide bonds. The van der Waals surface area contributed by atoms with Crippen molar-refractivity contribution in [2.75, 3.05) is 18.4 Å². The molecule has 0 aromatic heterocycles. The van der Waals surface area contributed by atoms with Gasteiger partial charge in [0, 0.05) is 30.3 Å². The summed E-state index contributed by atoms with van der Waals surface area (Å²) >= 11 is 3.47. The Morgan fingerprint density at radius 2 is 2.07 bits per heavy atom. The first-order valence-electron chi connectivity index (χ1n) is 5.81. The van der Waals surface area contributed by atoms with Gasteiger partial charge in [0.2, 0.25) is 0 Å². The summed E-state index contributed by atoms with van der Waals surface area (Å²) in [5, 5.41) is 0.922. The first-order valence-corrected chi connectivity index (χ1v) is 6.93. The molecule has 2 atom stereocenters. The third-order valence-corrected chi connectivity index (χ3v) is 4.54. The van der Waals surface area contributed by atoms with E-state index < -0.39 is 11.8 Å². The third kappa shape index (κ3) is 2.52. The molecule has 2 rings (SSSR count). The summed E-state index contributed by atoms with van der Waals surface area (Å²) in [7, 11) is 0. The molecule has 0 aromatic carbocycles. The van der Waals surface area contributed by atoms with Crippen LogP contribution >= 0.6 is 15.9 Å². The van der Waals surface area contributed by atoms with E-state index in [0.717, 1.165) is 24.7 Å². The van der Waals surface area contributed by atoms with Crippen LogP contribution in [0.15, 0.2) is 0 Å². The second kappa shape index (κ2) is 4.66. The highest BCUT2D eigenvalue weighted by atomic mass is 79.9. The first kappa shape index (κ1) is 11.8. The average Bonchev–Trinajstić information content (AvgIpc) is 2.74. The van der Waals surface area contributed by atoms with Crippen molar-refractivity contribution in [1.29, 1.82) is 0 Å². The van der Waals surface area contributed by atoms with Gasteiger partial charge in [-0.05, 0) is 32.2 Å². The van der Waals surface area contributed by atoms with Gasteiger partial charge in [0.05, 0.1) is 0 Å². The van der Waals surface area contributed by atoms with Crippen molar-refractivity contribution in [3.05, 3.63) is 0 Å². The first-order chi connectivity index (χ1) is 7.13. The fourth-order valence-corrected chi connectivity index (χ4v) is 3.55. The zero-order valence-electron chi connectivity index (χ0n) is 8.89. The minimum Gasteiger partial charge on any atom is -0.299 e. The number of alkyl halides is 3. The molecule has 0 aromatic rings. The molecular weight excluding hydrogens is 264 g/mol. The number of hydrogen-bond donors (Lipinski definition) is 0. The summed E-state index contributed by atoms with van der Waals surface area (Å²) < 4.78 is 26.9. The molecule has 4 heteroatoms. The van der Waals surface area contributed by atoms with E-state index in [2.05, 4.69) is 20.8 Å². The Bertz CT molecular complexity index is 223. The molecule has 1 saturated heterocycles. The Labute approximate surface area is 98.3 Å². The predicted octanol–water partition coefficient (Wildman–Crippen LogP) is 3.28. The fourth-order valence-electron chi connectivity index (χ4n) is 2.82. The molecule has 0 radical (unpaired) electrons. The van der Waals surface area contributed by atoms with E-state index in [4.69, 9.17) is 0 Å². The number of rotatable bonds is 3. The number of halogens is 3. The van der Waals surface area contributed by atoms with E-state index in [1.165, 1.54) is 0 Å². The maximum Gasteiger partial charge on any atom is 0.252 e. The Kier molecular flexibility index (Phi) is 3.66. The lowest BCUT2D eigenvalue weighted by Gasteiger charge is -2.28. The van der Waals surface area contributed by atoms with Crippen LogP contribution in [0.1, 0.15) is 32.1 Å². The zero-order valence-corrected chi connectivity index (χ0v) is 10.5. The lowest BCUT2D eigenvalue weighted by Crippen LogP contribution is -2.39. The highest BCUT2D eigenvalue weighted by Crippen LogP contribution is 2.41. The normalized spacial score (nSPS) is 36.2. The van der Waals surface area contributed by atoms with E-state index in [1.54, 1.807) is 0 Å². The van der Waals surface area contributed by atoms with Crippen molar-refractivity contribution in [2.45, 2.75) is 44.1 Å². The Balaban J connectivity index is 1.91. The maximum atomic E-state index is 13.5. The van der Waals surface area contributed by atoms with E-state index in [-0.39, 0.29) is 6.42 Å². The maximum absolute atomic E-state index is 13.5. The molecule has 1 aliphatic heterocycles. The van der Waals surface area contributed by atoms with Gasteiger partial charge in [-0.3, -0.25) is 4.90 Å². The van der Waals surface area contributed by atoms with Gasteiger partial charge in [0.25, 0.3) is 5.92 Å². The van der Waals surface area contributed by atoms with Crippen molar-refractivity contribution in [2.24, 2.45) is 5.92 Å². The van der Waals surface area contributed by atoms with Crippen LogP contribution in [0, 0.1) is 5.92 Å². The molecule has 88 valence electrons. The van der Waals surface area contributed by atoms with Gasteiger partial charge in [-0.25, -0.2) is 8.78 Å². The van der Waals surface area contributed by atoms with Gasteiger partial charge < -0.3 is 0 Å². The largest absolute Gasteiger partial charge is 0.299 e. The molecule has 1 heterocycles. The second-order valence-electron chi connectivity index (χ2n) is 4.80. The van der Waals surface area contributed by atoms with Crippen molar-refractivity contribution in [3.63, 3.8) is 0 Å². The monoisotopic (exact) mass is 281 g/mol. The molecule has 1 aliphatic carbocycles. The van der Waals surface area contributed by atoms with Crippen molar-refractivity contribution in [1.82, 2.24) is 4.90 Å². The lowest BCUT2D eigenvalue weighted by molar-refractivity contribution is -0.0477. The molecule has 1 unspecified atom stereocenters. The van der Waals surface area contributed by atoms with Gasteiger partial charge in [0.1, 0.15) is 0 Å². The highest BCUT2D eigenvalue weighted by Gasteiger charge is 2.45. The van der Waals surface area contributed by atoms with Crippen LogP contribution in [0.2, 0.25) is 0 Å². The molecule has 15 heavy (non-hydrogen) atoms. The third-order valence-electron chi connectivity index (χ3n) is 3.79. The number of nitrogens with zero attached hydrogens (tertiary/aromatic N) is 1. The molecular formula is C11H18BrF2N. The van der Waals surface area contributed by atoms with Crippen LogP contribution in [0.25, 0.3) is 0 Å². The molecule has 0 bridgehead atoms. The van der Waals surface area contributed by atoms with Gasteiger partial charge in [-0.2, -0.15) is 0 Å². The average molecular weight is 282 g/mol. The number of likely N-dealkylation sites (tertiary alicyclic amines) is 1. The molecule has 1 nitrogen and oxygen atoms in total. The van der Waals surface area contributed by atoms with Crippen LogP contribution < -0.4 is 0 Å². The van der Waals surface area contributed by atoms with Crippen LogP contribution in [0.3, 0.4) is 0 Å². The molecule has 1 saturated carbocycles. The summed E-state index contributed by atoms with van der Waals surface area (Å²) in [6, 6.07) is 0.487. The Morgan fingerprint density at radius 3 is 2.67 bits per heavy atom. The minimum atomic E-state index is -2.40. The van der Waals surface area contributed by atoms with Crippen LogP contribution in [-0.4, -0.2) is 35.3 Å². The lowest BCUT2D eigenvalue weighted by atomic mass is 10.0. The fraction of sp³-hybridized carbons (Fsp3) is 1.00. The summed E-state index contributed by atoms with van der Waals surface area (Å²) in [4.78, 5) is 2.25. The van der Waals surface area contributed by atoms with Crippen molar-refractivity contribution >= 4 is 15.9 Å². The number of hydrogen-bond acceptors (Lipinski definition) is 1. The van der Waals surface area contributed by atoms with Gasteiger partial charge >= 0.3 is 0 Å². The van der Waals surface area contributed by atoms with E-state index in [0.29, 0.717) is 25.4 Å². The van der Waals surface area contributed by atoms with Gasteiger partial charge in [-0.1, -0.05) is 15.9 Å². The summed E-state index contributed by atoms with van der Waals surface area (Å²) in [5.41, 5.74) is 0. The summed E-state index contributed by atoms with van der Waals surface area (Å²) in [6.45, 7) is 1.60. The van der Waals surface area contributed by atoms with E-state index in [9.17, 15) is 8.78 Å². The topological polar surface area (TPSA) is 3.24 Å². The predicted molar refractivity (Wildman–Crippen MR) is 60.7 cm³/mol. The van der Waals surface area contributed by atoms with Crippen LogP contribution in [-0.2, 0) is 0 Å². The van der Waals surface area contributed by atoms with Crippen LogP contribution in [0.4, 0.5) is 8.78 Å². The summed E-state index contributed by atoms with van der Waals surface area (Å²) in [5.74, 6) is -2.79. The molecule has 0 spiro atoms. The van der Waals surface area contributed by atoms with E-state index in [1.807, 2.05) is 0 Å². The molecule has 0 N–H and O–H groups in total. The Morgan fingerprint density at radius 1 is 1.27 bits per heavy atom. The Hall–Kier alpha value is 0.300. The van der Waals surface area contributed by atoms with Gasteiger partial charge in [0.15, 0.2) is 0 Å². The van der Waals surface area contributed by atoms with Crippen LogP contribution in [0.5, 0.6) is 0 Å². The SMILES string of the molecule is FC1(F)CCCC1CN1CCC[C@H]1CBr. The molecule has 2 fully saturated rings. The molecule has 2 aliphatic rings. The zero-order chi connectivity index (χ0) is 10.9. The second-order valence-corrected chi connectivity index (χ2v) is 5.44. The van der Waals surface area contributed by atoms with Crippen molar-refractivity contribution in [3.8, 4) is 0 Å². The van der Waals surface area contributed by atoms with Crippen molar-refractivity contribution < 1.29 is 8.78 Å². The standard InChI is InChI=1S/C11H18BrF2N/c12-7-10-4-2-6-15(10)8-9-3-1-5-11(9,13)14/h9-10H,1-8H2/t9?,10-/m0/s1.